The normalized spacial score (nSPS) is 15.5. The largest absolute Gasteiger partial charge is 0.356 e. The minimum absolute atomic E-state index is 0.0954. The van der Waals surface area contributed by atoms with Crippen molar-refractivity contribution in [2.45, 2.75) is 25.8 Å². The quantitative estimate of drug-likeness (QED) is 0.896. The maximum absolute atomic E-state index is 12.2. The molecule has 23 heavy (non-hydrogen) atoms. The average molecular weight is 375 g/mol. The minimum Gasteiger partial charge on any atom is -0.356 e. The second kappa shape index (κ2) is 7.08. The van der Waals surface area contributed by atoms with Crippen molar-refractivity contribution in [3.8, 4) is 0 Å². The number of carbonyl (C=O) groups is 1. The zero-order chi connectivity index (χ0) is 16.2. The van der Waals surface area contributed by atoms with Crippen LogP contribution in [0.5, 0.6) is 0 Å². The molecule has 0 aromatic carbocycles. The lowest BCUT2D eigenvalue weighted by Crippen LogP contribution is -2.45. The number of hydrogen-bond donors (Lipinski definition) is 1. The molecule has 5 nitrogen and oxygen atoms in total. The summed E-state index contributed by atoms with van der Waals surface area (Å²) in [7, 11) is 0. The Morgan fingerprint density at radius 3 is 2.74 bits per heavy atom. The van der Waals surface area contributed by atoms with Gasteiger partial charge in [-0.1, -0.05) is 6.07 Å². The number of carbonyl (C=O) groups excluding carboxylic acids is 1. The molecule has 3 heterocycles. The van der Waals surface area contributed by atoms with Gasteiger partial charge in [0.25, 0.3) is 5.91 Å². The molecular formula is C17H19BrN4O. The maximum Gasteiger partial charge on any atom is 0.270 e. The van der Waals surface area contributed by atoms with E-state index in [-0.39, 0.29) is 11.9 Å². The summed E-state index contributed by atoms with van der Waals surface area (Å²) in [5, 5.41) is 3.07. The lowest BCUT2D eigenvalue weighted by atomic mass is 10.0. The predicted octanol–water partition coefficient (Wildman–Crippen LogP) is 2.95. The third-order valence-electron chi connectivity index (χ3n) is 4.04. The summed E-state index contributed by atoms with van der Waals surface area (Å²) < 4.78 is 0.997. The Kier molecular flexibility index (Phi) is 4.91. The molecule has 0 saturated carbocycles. The van der Waals surface area contributed by atoms with Crippen molar-refractivity contribution in [3.63, 3.8) is 0 Å². The molecule has 1 saturated heterocycles. The fraction of sp³-hybridized carbons (Fsp3) is 0.353. The van der Waals surface area contributed by atoms with E-state index in [1.165, 1.54) is 0 Å². The number of rotatable bonds is 3. The highest BCUT2D eigenvalue weighted by Crippen LogP contribution is 2.24. The summed E-state index contributed by atoms with van der Waals surface area (Å²) in [6.07, 6.45) is 5.29. The van der Waals surface area contributed by atoms with Gasteiger partial charge in [-0.2, -0.15) is 0 Å². The number of hydrogen-bond acceptors (Lipinski definition) is 4. The summed E-state index contributed by atoms with van der Waals surface area (Å²) in [5.74, 6) is 0.935. The Labute approximate surface area is 144 Å². The van der Waals surface area contributed by atoms with Gasteiger partial charge in [-0.25, -0.2) is 4.98 Å². The number of nitrogens with one attached hydrogen (secondary N) is 1. The van der Waals surface area contributed by atoms with Crippen molar-refractivity contribution in [2.75, 3.05) is 18.0 Å². The van der Waals surface area contributed by atoms with E-state index in [0.717, 1.165) is 41.8 Å². The predicted molar refractivity (Wildman–Crippen MR) is 93.6 cm³/mol. The van der Waals surface area contributed by atoms with Gasteiger partial charge >= 0.3 is 0 Å². The van der Waals surface area contributed by atoms with Crippen LogP contribution in [0.25, 0.3) is 0 Å². The van der Waals surface area contributed by atoms with Crippen molar-refractivity contribution >= 4 is 27.7 Å². The highest BCUT2D eigenvalue weighted by molar-refractivity contribution is 9.10. The fourth-order valence-electron chi connectivity index (χ4n) is 2.86. The van der Waals surface area contributed by atoms with Gasteiger partial charge in [0.2, 0.25) is 0 Å². The molecule has 0 spiro atoms. The van der Waals surface area contributed by atoms with Crippen LogP contribution in [0.15, 0.2) is 41.1 Å². The minimum atomic E-state index is -0.0954. The van der Waals surface area contributed by atoms with Gasteiger partial charge in [0, 0.05) is 36.0 Å². The molecular weight excluding hydrogens is 356 g/mol. The van der Waals surface area contributed by atoms with Crippen molar-refractivity contribution in [1.82, 2.24) is 15.3 Å². The summed E-state index contributed by atoms with van der Waals surface area (Å²) in [6, 6.07) is 7.64. The van der Waals surface area contributed by atoms with Crippen molar-refractivity contribution in [2.24, 2.45) is 0 Å². The zero-order valence-corrected chi connectivity index (χ0v) is 14.6. The molecule has 0 unspecified atom stereocenters. The Balaban J connectivity index is 1.57. The van der Waals surface area contributed by atoms with Gasteiger partial charge in [0.15, 0.2) is 0 Å². The summed E-state index contributed by atoms with van der Waals surface area (Å²) in [5.41, 5.74) is 1.63. The standard InChI is InChI=1S/C17H19BrN4O/c1-12-10-13(18)11-20-16(12)22-8-5-14(6-9-22)21-17(23)15-4-2-3-7-19-15/h2-4,7,10-11,14H,5-6,8-9H2,1H3,(H,21,23). The molecule has 1 aliphatic heterocycles. The summed E-state index contributed by atoms with van der Waals surface area (Å²) >= 11 is 3.44. The Hall–Kier alpha value is -1.95. The molecule has 3 rings (SSSR count). The molecule has 1 fully saturated rings. The number of halogens is 1. The molecule has 0 radical (unpaired) electrons. The first-order chi connectivity index (χ1) is 11.1. The molecule has 6 heteroatoms. The number of aromatic nitrogens is 2. The number of pyridine rings is 2. The van der Waals surface area contributed by atoms with Crippen molar-refractivity contribution < 1.29 is 4.79 Å². The fourth-order valence-corrected chi connectivity index (χ4v) is 3.30. The molecule has 120 valence electrons. The van der Waals surface area contributed by atoms with Crippen molar-refractivity contribution in [3.05, 3.63) is 52.4 Å². The summed E-state index contributed by atoms with van der Waals surface area (Å²) in [6.45, 7) is 3.85. The van der Waals surface area contributed by atoms with E-state index in [4.69, 9.17) is 0 Å². The lowest BCUT2D eigenvalue weighted by molar-refractivity contribution is 0.0926. The van der Waals surface area contributed by atoms with Crippen LogP contribution in [-0.2, 0) is 0 Å². The van der Waals surface area contributed by atoms with Gasteiger partial charge in [-0.05, 0) is 59.5 Å². The van der Waals surface area contributed by atoms with E-state index in [2.05, 4.69) is 49.1 Å². The molecule has 2 aromatic heterocycles. The highest BCUT2D eigenvalue weighted by Gasteiger charge is 2.23. The maximum atomic E-state index is 12.2. The number of piperidine rings is 1. The lowest BCUT2D eigenvalue weighted by Gasteiger charge is -2.33. The first-order valence-corrected chi connectivity index (χ1v) is 8.52. The molecule has 0 aliphatic carbocycles. The smallest absolute Gasteiger partial charge is 0.270 e. The number of nitrogens with zero attached hydrogens (tertiary/aromatic N) is 3. The van der Waals surface area contributed by atoms with Gasteiger partial charge in [-0.15, -0.1) is 0 Å². The van der Waals surface area contributed by atoms with Crippen molar-refractivity contribution in [1.29, 1.82) is 0 Å². The Morgan fingerprint density at radius 2 is 2.09 bits per heavy atom. The van der Waals surface area contributed by atoms with Gasteiger partial charge in [-0.3, -0.25) is 9.78 Å². The zero-order valence-electron chi connectivity index (χ0n) is 13.0. The number of aryl methyl sites for hydroxylation is 1. The molecule has 1 N–H and O–H groups in total. The van der Waals surface area contributed by atoms with Crippen LogP contribution in [0.3, 0.4) is 0 Å². The first kappa shape index (κ1) is 15.9. The molecule has 0 atom stereocenters. The van der Waals surface area contributed by atoms with Gasteiger partial charge < -0.3 is 10.2 Å². The van der Waals surface area contributed by atoms with E-state index in [9.17, 15) is 4.79 Å². The van der Waals surface area contributed by atoms with E-state index < -0.39 is 0 Å². The van der Waals surface area contributed by atoms with E-state index in [1.807, 2.05) is 18.3 Å². The van der Waals surface area contributed by atoms with E-state index in [0.29, 0.717) is 5.69 Å². The van der Waals surface area contributed by atoms with Crippen LogP contribution < -0.4 is 10.2 Å². The van der Waals surface area contributed by atoms with E-state index in [1.54, 1.807) is 12.3 Å². The highest BCUT2D eigenvalue weighted by atomic mass is 79.9. The third-order valence-corrected chi connectivity index (χ3v) is 4.48. The second-order valence-electron chi connectivity index (χ2n) is 5.74. The van der Waals surface area contributed by atoms with Crippen LogP contribution in [0.4, 0.5) is 5.82 Å². The van der Waals surface area contributed by atoms with Crippen LogP contribution in [-0.4, -0.2) is 35.0 Å². The average Bonchev–Trinajstić information content (AvgIpc) is 2.57. The Morgan fingerprint density at radius 1 is 1.30 bits per heavy atom. The SMILES string of the molecule is Cc1cc(Br)cnc1N1CCC(NC(=O)c2ccccn2)CC1. The van der Waals surface area contributed by atoms with E-state index >= 15 is 0 Å². The van der Waals surface area contributed by atoms with Gasteiger partial charge in [0.05, 0.1) is 0 Å². The van der Waals surface area contributed by atoms with Crippen LogP contribution in [0, 0.1) is 6.92 Å². The van der Waals surface area contributed by atoms with Crippen LogP contribution >= 0.6 is 15.9 Å². The van der Waals surface area contributed by atoms with Gasteiger partial charge in [0.1, 0.15) is 11.5 Å². The van der Waals surface area contributed by atoms with Crippen LogP contribution in [0.2, 0.25) is 0 Å². The number of anilines is 1. The molecule has 0 bridgehead atoms. The molecule has 1 aliphatic rings. The monoisotopic (exact) mass is 374 g/mol. The first-order valence-electron chi connectivity index (χ1n) is 7.72. The number of amides is 1. The van der Waals surface area contributed by atoms with Crippen LogP contribution in [0.1, 0.15) is 28.9 Å². The third kappa shape index (κ3) is 3.88. The second-order valence-corrected chi connectivity index (χ2v) is 6.66. The molecule has 1 amide bonds. The topological polar surface area (TPSA) is 58.1 Å². The Bertz CT molecular complexity index is 684. The summed E-state index contributed by atoms with van der Waals surface area (Å²) in [4.78, 5) is 23.0. The molecule has 2 aromatic rings.